The van der Waals surface area contributed by atoms with Crippen LogP contribution in [-0.4, -0.2) is 77.5 Å². The van der Waals surface area contributed by atoms with Gasteiger partial charge in [0.05, 0.1) is 19.8 Å². The summed E-state index contributed by atoms with van der Waals surface area (Å²) in [4.78, 5) is 35.0. The van der Waals surface area contributed by atoms with Gasteiger partial charge in [0.15, 0.2) is 0 Å². The van der Waals surface area contributed by atoms with Crippen LogP contribution in [0, 0.1) is 0 Å². The van der Waals surface area contributed by atoms with Gasteiger partial charge in [-0.15, -0.1) is 17.3 Å². The topological polar surface area (TPSA) is 78.9 Å². The third-order valence-corrected chi connectivity index (χ3v) is 5.99. The number of carbonyl (C=O) groups excluding carboxylic acids is 3. The van der Waals surface area contributed by atoms with Crippen LogP contribution in [0.3, 0.4) is 0 Å². The average Bonchev–Trinajstić information content (AvgIpc) is 2.99. The van der Waals surface area contributed by atoms with E-state index < -0.39 is 0 Å². The van der Waals surface area contributed by atoms with Crippen LogP contribution in [0.1, 0.15) is 136 Å². The number of rotatable bonds is 24. The van der Waals surface area contributed by atoms with Crippen molar-refractivity contribution in [2.75, 3.05) is 37.1 Å². The van der Waals surface area contributed by atoms with Crippen LogP contribution >= 0.6 is 0 Å². The Kier molecular flexibility index (Phi) is 55.5. The van der Waals surface area contributed by atoms with Crippen molar-refractivity contribution in [3.8, 4) is 0 Å². The molecule has 0 radical (unpaired) electrons. The SMILES string of the molecule is CCCCCCCC(=O)OCC[S-].CCCCCCCC(=O)OCC[S-].CCCCCCCC(=O)OCC[S-].[CH3][Sn+3]. The molecule has 0 aromatic rings. The molecule has 0 N–H and O–H groups in total. The van der Waals surface area contributed by atoms with Gasteiger partial charge in [0, 0.05) is 19.3 Å². The van der Waals surface area contributed by atoms with Gasteiger partial charge in [-0.05, 0) is 19.3 Å². The summed E-state index contributed by atoms with van der Waals surface area (Å²) in [5, 5.41) is 0. The van der Waals surface area contributed by atoms with E-state index in [2.05, 4.69) is 63.6 Å². The van der Waals surface area contributed by atoms with E-state index in [-0.39, 0.29) is 17.9 Å². The molecule has 0 fully saturated rings. The first-order chi connectivity index (χ1) is 19.9. The monoisotopic (exact) mass is 744 g/mol. The summed E-state index contributed by atoms with van der Waals surface area (Å²) in [6.07, 6.45) is 19.1. The first-order valence-electron chi connectivity index (χ1n) is 15.6. The van der Waals surface area contributed by atoms with Crippen LogP contribution in [0.2, 0.25) is 4.94 Å². The van der Waals surface area contributed by atoms with Crippen molar-refractivity contribution >= 4 is 78.3 Å². The fourth-order valence-electron chi connectivity index (χ4n) is 3.30. The molecule has 0 saturated heterocycles. The molecule has 0 heterocycles. The molecule has 41 heavy (non-hydrogen) atoms. The summed E-state index contributed by atoms with van der Waals surface area (Å²) < 4.78 is 14.6. The van der Waals surface area contributed by atoms with E-state index in [4.69, 9.17) is 14.2 Å². The van der Waals surface area contributed by atoms with Crippen LogP contribution in [0.15, 0.2) is 0 Å². The van der Waals surface area contributed by atoms with Gasteiger partial charge in [0.1, 0.15) is 0 Å². The van der Waals surface area contributed by atoms with Gasteiger partial charge in [-0.3, -0.25) is 14.4 Å². The van der Waals surface area contributed by atoms with Gasteiger partial charge in [-0.1, -0.05) is 97.8 Å². The Labute approximate surface area is 283 Å². The summed E-state index contributed by atoms with van der Waals surface area (Å²) in [6.45, 7) is 7.71. The molecule has 0 aliphatic rings. The molecule has 0 unspecified atom stereocenters. The van der Waals surface area contributed by atoms with E-state index in [9.17, 15) is 14.4 Å². The molecule has 0 amide bonds. The summed E-state index contributed by atoms with van der Waals surface area (Å²) in [7, 11) is 0. The zero-order valence-corrected chi connectivity index (χ0v) is 31.9. The number of unbranched alkanes of at least 4 members (excludes halogenated alkanes) is 12. The molecule has 0 aromatic carbocycles. The molecule has 0 aromatic heterocycles. The number of carbonyl (C=O) groups is 3. The van der Waals surface area contributed by atoms with Gasteiger partial charge in [0.2, 0.25) is 0 Å². The normalized spacial score (nSPS) is 9.68. The average molecular weight is 744 g/mol. The van der Waals surface area contributed by atoms with Gasteiger partial charge in [-0.25, -0.2) is 0 Å². The first kappa shape index (κ1) is 48.2. The first-order valence-corrected chi connectivity index (χ1v) is 20.2. The van der Waals surface area contributed by atoms with E-state index in [0.29, 0.717) is 56.3 Å². The van der Waals surface area contributed by atoms with Crippen LogP contribution in [-0.2, 0) is 66.5 Å². The number of ether oxygens (including phenoxy) is 3. The Morgan fingerprint density at radius 1 is 0.439 bits per heavy atom. The van der Waals surface area contributed by atoms with E-state index in [1.54, 1.807) is 22.5 Å². The quantitative estimate of drug-likeness (QED) is 0.0328. The molecule has 6 nitrogen and oxygen atoms in total. The van der Waals surface area contributed by atoms with E-state index in [0.717, 1.165) is 38.5 Å². The van der Waals surface area contributed by atoms with Gasteiger partial charge < -0.3 is 52.1 Å². The Hall–Kier alpha value is 0.259. The number of esters is 3. The summed E-state index contributed by atoms with van der Waals surface area (Å²) in [5.41, 5.74) is 0. The fourth-order valence-corrected chi connectivity index (χ4v) is 3.55. The Bertz CT molecular complexity index is 457. The second kappa shape index (κ2) is 47.2. The maximum absolute atomic E-state index is 11.0. The molecule has 0 bridgehead atoms. The standard InChI is InChI=1S/3C10H20O2S.CH3.Sn/c3*1-2-3-4-5-6-7-10(11)12-8-9-13;;/h3*13H,2-9H2,1H3;1H3;/q;;;;+3/p-3. The van der Waals surface area contributed by atoms with Crippen LogP contribution in [0.5, 0.6) is 0 Å². The van der Waals surface area contributed by atoms with E-state index in [1.165, 1.54) is 57.8 Å². The molecule has 0 rings (SSSR count). The predicted molar refractivity (Wildman–Crippen MR) is 181 cm³/mol. The van der Waals surface area contributed by atoms with Crippen molar-refractivity contribution in [1.29, 1.82) is 0 Å². The second-order valence-electron chi connectivity index (χ2n) is 9.27. The summed E-state index contributed by atoms with van der Waals surface area (Å²) in [6, 6.07) is 0. The minimum atomic E-state index is -0.0960. The Morgan fingerprint density at radius 2 is 0.659 bits per heavy atom. The molecule has 0 saturated carbocycles. The minimum absolute atomic E-state index is 0.0960. The zero-order valence-electron chi connectivity index (χ0n) is 26.6. The fraction of sp³-hybridized carbons (Fsp3) is 0.903. The van der Waals surface area contributed by atoms with Crippen LogP contribution in [0.4, 0.5) is 0 Å². The van der Waals surface area contributed by atoms with Crippen molar-refractivity contribution < 1.29 is 28.6 Å². The van der Waals surface area contributed by atoms with Gasteiger partial charge in [-0.2, -0.15) is 0 Å². The molecule has 242 valence electrons. The van der Waals surface area contributed by atoms with Crippen molar-refractivity contribution in [3.05, 3.63) is 0 Å². The summed E-state index contributed by atoms with van der Waals surface area (Å²) >= 11 is 15.5. The van der Waals surface area contributed by atoms with Crippen molar-refractivity contribution in [1.82, 2.24) is 0 Å². The van der Waals surface area contributed by atoms with Gasteiger partial charge >= 0.3 is 45.4 Å². The number of hydrogen-bond donors (Lipinski definition) is 0. The Morgan fingerprint density at radius 3 is 0.854 bits per heavy atom. The van der Waals surface area contributed by atoms with E-state index in [1.807, 2.05) is 0 Å². The molecule has 0 spiro atoms. The number of hydrogen-bond acceptors (Lipinski definition) is 9. The third kappa shape index (κ3) is 53.3. The molecule has 0 aliphatic heterocycles. The summed E-state index contributed by atoms with van der Waals surface area (Å²) in [5.74, 6) is 1.22. The molecular formula is C31H60O6S3Sn. The molecule has 0 aliphatic carbocycles. The second-order valence-corrected chi connectivity index (χ2v) is 10.5. The van der Waals surface area contributed by atoms with Crippen molar-refractivity contribution in [2.24, 2.45) is 0 Å². The van der Waals surface area contributed by atoms with E-state index >= 15 is 0 Å². The van der Waals surface area contributed by atoms with Gasteiger partial charge in [0.25, 0.3) is 0 Å². The molecule has 10 heteroatoms. The van der Waals surface area contributed by atoms with Crippen LogP contribution in [0.25, 0.3) is 0 Å². The molecule has 0 atom stereocenters. The molecular weight excluding hydrogens is 683 g/mol. The zero-order chi connectivity index (χ0) is 31.8. The maximum atomic E-state index is 11.0. The van der Waals surface area contributed by atoms with Crippen molar-refractivity contribution in [2.45, 2.75) is 141 Å². The third-order valence-electron chi connectivity index (χ3n) is 5.49. The van der Waals surface area contributed by atoms with Crippen LogP contribution < -0.4 is 0 Å². The Balaban J connectivity index is -0.000000243. The van der Waals surface area contributed by atoms with Crippen molar-refractivity contribution in [3.63, 3.8) is 0 Å². The predicted octanol–water partition coefficient (Wildman–Crippen LogP) is 7.51.